The van der Waals surface area contributed by atoms with Crippen LogP contribution in [0.5, 0.6) is 0 Å². The zero-order chi connectivity index (χ0) is 13.6. The van der Waals surface area contributed by atoms with Gasteiger partial charge in [-0.15, -0.1) is 0 Å². The molecular weight excluding hydrogens is 226 g/mol. The molecule has 1 atom stereocenters. The van der Waals surface area contributed by atoms with Gasteiger partial charge in [0.15, 0.2) is 0 Å². The molecule has 0 spiro atoms. The highest BCUT2D eigenvalue weighted by Gasteiger charge is 2.13. The summed E-state index contributed by atoms with van der Waals surface area (Å²) in [6, 6.07) is 9.71. The fourth-order valence-corrected chi connectivity index (χ4v) is 1.59. The second-order valence-electron chi connectivity index (χ2n) is 5.44. The Morgan fingerprint density at radius 1 is 1.28 bits per heavy atom. The highest BCUT2D eigenvalue weighted by molar-refractivity contribution is 5.74. The summed E-state index contributed by atoms with van der Waals surface area (Å²) in [5.74, 6) is 0. The SMILES string of the molecule is CC(C)(C)NC(=O)NCCC(N)c1ccccc1. The monoisotopic (exact) mass is 249 g/mol. The predicted molar refractivity (Wildman–Crippen MR) is 74.3 cm³/mol. The molecule has 0 aliphatic carbocycles. The van der Waals surface area contributed by atoms with Crippen molar-refractivity contribution in [2.24, 2.45) is 5.73 Å². The number of rotatable bonds is 4. The van der Waals surface area contributed by atoms with E-state index >= 15 is 0 Å². The molecule has 0 fully saturated rings. The van der Waals surface area contributed by atoms with Gasteiger partial charge in [0.2, 0.25) is 0 Å². The molecule has 0 radical (unpaired) electrons. The molecule has 1 unspecified atom stereocenters. The molecule has 4 N–H and O–H groups in total. The molecule has 0 saturated carbocycles. The van der Waals surface area contributed by atoms with Crippen molar-refractivity contribution < 1.29 is 4.79 Å². The molecular formula is C14H23N3O. The topological polar surface area (TPSA) is 67.2 Å². The number of hydrogen-bond acceptors (Lipinski definition) is 2. The molecule has 0 heterocycles. The second kappa shape index (κ2) is 6.40. The molecule has 4 nitrogen and oxygen atoms in total. The van der Waals surface area contributed by atoms with Gasteiger partial charge in [-0.1, -0.05) is 30.3 Å². The van der Waals surface area contributed by atoms with Crippen LogP contribution < -0.4 is 16.4 Å². The molecule has 4 heteroatoms. The van der Waals surface area contributed by atoms with E-state index in [1.54, 1.807) is 0 Å². The lowest BCUT2D eigenvalue weighted by molar-refractivity contribution is 0.231. The number of benzene rings is 1. The first-order valence-corrected chi connectivity index (χ1v) is 6.25. The quantitative estimate of drug-likeness (QED) is 0.765. The van der Waals surface area contributed by atoms with Crippen LogP contribution in [-0.2, 0) is 0 Å². The van der Waals surface area contributed by atoms with Crippen molar-refractivity contribution in [1.29, 1.82) is 0 Å². The number of carbonyl (C=O) groups is 1. The molecule has 0 aromatic heterocycles. The Bertz CT molecular complexity index is 370. The van der Waals surface area contributed by atoms with E-state index in [1.165, 1.54) is 0 Å². The Hall–Kier alpha value is -1.55. The third-order valence-corrected chi connectivity index (χ3v) is 2.46. The Kier molecular flexibility index (Phi) is 5.16. The number of carbonyl (C=O) groups excluding carboxylic acids is 1. The van der Waals surface area contributed by atoms with Gasteiger partial charge in [0, 0.05) is 18.1 Å². The van der Waals surface area contributed by atoms with Crippen LogP contribution in [0.4, 0.5) is 4.79 Å². The maximum Gasteiger partial charge on any atom is 0.315 e. The summed E-state index contributed by atoms with van der Waals surface area (Å²) in [6.45, 7) is 6.41. The first-order chi connectivity index (χ1) is 8.38. The van der Waals surface area contributed by atoms with Crippen LogP contribution in [-0.4, -0.2) is 18.1 Å². The van der Waals surface area contributed by atoms with Crippen LogP contribution in [0.25, 0.3) is 0 Å². The molecule has 1 aromatic rings. The van der Waals surface area contributed by atoms with Crippen molar-refractivity contribution in [3.05, 3.63) is 35.9 Å². The van der Waals surface area contributed by atoms with Crippen molar-refractivity contribution in [2.75, 3.05) is 6.54 Å². The molecule has 0 saturated heterocycles. The van der Waals surface area contributed by atoms with Crippen molar-refractivity contribution in [2.45, 2.75) is 38.8 Å². The van der Waals surface area contributed by atoms with Crippen LogP contribution in [0.2, 0.25) is 0 Å². The lowest BCUT2D eigenvalue weighted by atomic mass is 10.1. The Labute approximate surface area is 109 Å². The van der Waals surface area contributed by atoms with Gasteiger partial charge < -0.3 is 16.4 Å². The second-order valence-corrected chi connectivity index (χ2v) is 5.44. The van der Waals surface area contributed by atoms with Crippen LogP contribution in [0.1, 0.15) is 38.8 Å². The van der Waals surface area contributed by atoms with Gasteiger partial charge in [0.05, 0.1) is 0 Å². The van der Waals surface area contributed by atoms with Crippen molar-refractivity contribution in [3.63, 3.8) is 0 Å². The molecule has 0 bridgehead atoms. The summed E-state index contributed by atoms with van der Waals surface area (Å²) in [4.78, 5) is 11.5. The third-order valence-electron chi connectivity index (χ3n) is 2.46. The van der Waals surface area contributed by atoms with Crippen molar-refractivity contribution in [3.8, 4) is 0 Å². The summed E-state index contributed by atoms with van der Waals surface area (Å²) < 4.78 is 0. The van der Waals surface area contributed by atoms with Gasteiger partial charge in [0.25, 0.3) is 0 Å². The van der Waals surface area contributed by atoms with Crippen LogP contribution in [0, 0.1) is 0 Å². The first-order valence-electron chi connectivity index (χ1n) is 6.25. The minimum atomic E-state index is -0.217. The van der Waals surface area contributed by atoms with E-state index in [1.807, 2.05) is 51.1 Å². The van der Waals surface area contributed by atoms with Crippen LogP contribution >= 0.6 is 0 Å². The standard InChI is InChI=1S/C14H23N3O/c1-14(2,3)17-13(18)16-10-9-12(15)11-7-5-4-6-8-11/h4-8,12H,9-10,15H2,1-3H3,(H2,16,17,18). The van der Waals surface area contributed by atoms with E-state index in [0.717, 1.165) is 12.0 Å². The van der Waals surface area contributed by atoms with Gasteiger partial charge in [0.1, 0.15) is 0 Å². The normalized spacial score (nSPS) is 12.9. The lowest BCUT2D eigenvalue weighted by Crippen LogP contribution is -2.46. The molecule has 100 valence electrons. The van der Waals surface area contributed by atoms with Gasteiger partial charge in [-0.3, -0.25) is 0 Å². The van der Waals surface area contributed by atoms with E-state index < -0.39 is 0 Å². The molecule has 18 heavy (non-hydrogen) atoms. The fraction of sp³-hybridized carbons (Fsp3) is 0.500. The number of urea groups is 1. The van der Waals surface area contributed by atoms with Gasteiger partial charge in [-0.25, -0.2) is 4.79 Å². The summed E-state index contributed by atoms with van der Waals surface area (Å²) >= 11 is 0. The highest BCUT2D eigenvalue weighted by atomic mass is 16.2. The zero-order valence-corrected chi connectivity index (χ0v) is 11.4. The van der Waals surface area contributed by atoms with Gasteiger partial charge in [-0.2, -0.15) is 0 Å². The first kappa shape index (κ1) is 14.5. The average Bonchev–Trinajstić information content (AvgIpc) is 2.27. The van der Waals surface area contributed by atoms with E-state index in [9.17, 15) is 4.79 Å². The predicted octanol–water partition coefficient (Wildman–Crippen LogP) is 2.17. The van der Waals surface area contributed by atoms with Crippen molar-refractivity contribution in [1.82, 2.24) is 10.6 Å². The maximum absolute atomic E-state index is 11.5. The minimum absolute atomic E-state index is 0.0406. The number of hydrogen-bond donors (Lipinski definition) is 3. The average molecular weight is 249 g/mol. The van der Waals surface area contributed by atoms with Gasteiger partial charge in [-0.05, 0) is 32.8 Å². The molecule has 0 aliphatic heterocycles. The molecule has 0 aliphatic rings. The summed E-state index contributed by atoms with van der Waals surface area (Å²) in [6.07, 6.45) is 0.724. The zero-order valence-electron chi connectivity index (χ0n) is 11.4. The third kappa shape index (κ3) is 5.68. The summed E-state index contributed by atoms with van der Waals surface area (Å²) in [5.41, 5.74) is 6.91. The lowest BCUT2D eigenvalue weighted by Gasteiger charge is -2.21. The van der Waals surface area contributed by atoms with E-state index in [4.69, 9.17) is 5.73 Å². The highest BCUT2D eigenvalue weighted by Crippen LogP contribution is 2.12. The van der Waals surface area contributed by atoms with Crippen LogP contribution in [0.3, 0.4) is 0 Å². The van der Waals surface area contributed by atoms with Crippen molar-refractivity contribution >= 4 is 6.03 Å². The Morgan fingerprint density at radius 2 is 1.89 bits per heavy atom. The molecule has 2 amide bonds. The van der Waals surface area contributed by atoms with E-state index in [0.29, 0.717) is 6.54 Å². The van der Waals surface area contributed by atoms with E-state index in [2.05, 4.69) is 10.6 Å². The maximum atomic E-state index is 11.5. The Balaban J connectivity index is 2.28. The Morgan fingerprint density at radius 3 is 2.44 bits per heavy atom. The largest absolute Gasteiger partial charge is 0.338 e. The number of amides is 2. The number of nitrogens with two attached hydrogens (primary N) is 1. The summed E-state index contributed by atoms with van der Waals surface area (Å²) in [5, 5.41) is 5.65. The van der Waals surface area contributed by atoms with Crippen LogP contribution in [0.15, 0.2) is 30.3 Å². The molecule has 1 rings (SSSR count). The smallest absolute Gasteiger partial charge is 0.315 e. The molecule has 1 aromatic carbocycles. The number of nitrogens with one attached hydrogen (secondary N) is 2. The van der Waals surface area contributed by atoms with E-state index in [-0.39, 0.29) is 17.6 Å². The summed E-state index contributed by atoms with van der Waals surface area (Å²) in [7, 11) is 0. The fourth-order valence-electron chi connectivity index (χ4n) is 1.59. The minimum Gasteiger partial charge on any atom is -0.338 e. The van der Waals surface area contributed by atoms with Gasteiger partial charge >= 0.3 is 6.03 Å².